The van der Waals surface area contributed by atoms with Crippen molar-refractivity contribution in [3.63, 3.8) is 0 Å². The molecule has 0 saturated carbocycles. The summed E-state index contributed by atoms with van der Waals surface area (Å²) < 4.78 is 0. The third kappa shape index (κ3) is 3.12. The largest absolute Gasteiger partial charge is 0.0622 e. The third-order valence-electron chi connectivity index (χ3n) is 8.83. The molecule has 0 spiro atoms. The first-order valence-corrected chi connectivity index (χ1v) is 13.8. The lowest BCUT2D eigenvalue weighted by Crippen LogP contribution is -2.23. The molecule has 0 bridgehead atoms. The molecule has 184 valence electrons. The number of benzene rings is 7. The van der Waals surface area contributed by atoms with Gasteiger partial charge in [-0.05, 0) is 89.0 Å². The van der Waals surface area contributed by atoms with Crippen LogP contribution in [-0.2, 0) is 5.41 Å². The van der Waals surface area contributed by atoms with E-state index >= 15 is 0 Å². The molecule has 0 saturated heterocycles. The lowest BCUT2D eigenvalue weighted by molar-refractivity contribution is 0.645. The SMILES string of the molecule is CC1(C)c2ccccc2-c2c3ccccc3c(-c3cc(-c4ccccc4)cc4ccccc34)c3cccc1c23. The molecule has 0 atom stereocenters. The van der Waals surface area contributed by atoms with E-state index in [0.717, 1.165) is 0 Å². The Labute approximate surface area is 229 Å². The molecule has 0 N–H and O–H groups in total. The van der Waals surface area contributed by atoms with Gasteiger partial charge in [-0.3, -0.25) is 0 Å². The van der Waals surface area contributed by atoms with Gasteiger partial charge in [-0.2, -0.15) is 0 Å². The van der Waals surface area contributed by atoms with Crippen LogP contribution in [0.25, 0.3) is 65.7 Å². The van der Waals surface area contributed by atoms with Crippen LogP contribution in [0.3, 0.4) is 0 Å². The van der Waals surface area contributed by atoms with E-state index in [1.807, 2.05) is 0 Å². The van der Waals surface area contributed by atoms with E-state index in [2.05, 4.69) is 147 Å². The zero-order valence-electron chi connectivity index (χ0n) is 22.2. The van der Waals surface area contributed by atoms with E-state index in [9.17, 15) is 0 Å². The third-order valence-corrected chi connectivity index (χ3v) is 8.83. The Hall–Kier alpha value is -4.68. The molecule has 0 heterocycles. The van der Waals surface area contributed by atoms with Crippen LogP contribution in [0.15, 0.2) is 133 Å². The molecular formula is C39H28. The van der Waals surface area contributed by atoms with Crippen molar-refractivity contribution in [3.8, 4) is 33.4 Å². The highest BCUT2D eigenvalue weighted by Crippen LogP contribution is 2.54. The Kier molecular flexibility index (Phi) is 4.67. The summed E-state index contributed by atoms with van der Waals surface area (Å²) >= 11 is 0. The fourth-order valence-electron chi connectivity index (χ4n) is 7.03. The maximum Gasteiger partial charge on any atom is 0.0159 e. The number of hydrogen-bond donors (Lipinski definition) is 0. The first-order chi connectivity index (χ1) is 19.1. The number of rotatable bonds is 2. The van der Waals surface area contributed by atoms with Crippen molar-refractivity contribution in [1.82, 2.24) is 0 Å². The molecule has 0 aromatic heterocycles. The first-order valence-electron chi connectivity index (χ1n) is 13.8. The van der Waals surface area contributed by atoms with Crippen molar-refractivity contribution in [3.05, 3.63) is 145 Å². The van der Waals surface area contributed by atoms with Gasteiger partial charge in [-0.25, -0.2) is 0 Å². The van der Waals surface area contributed by atoms with Crippen LogP contribution < -0.4 is 0 Å². The second kappa shape index (κ2) is 8.16. The van der Waals surface area contributed by atoms with Crippen molar-refractivity contribution in [2.75, 3.05) is 0 Å². The monoisotopic (exact) mass is 496 g/mol. The summed E-state index contributed by atoms with van der Waals surface area (Å²) in [6, 6.07) is 49.3. The van der Waals surface area contributed by atoms with Gasteiger partial charge in [-0.15, -0.1) is 0 Å². The minimum atomic E-state index is -0.0865. The summed E-state index contributed by atoms with van der Waals surface area (Å²) in [4.78, 5) is 0. The Balaban J connectivity index is 1.60. The molecule has 8 rings (SSSR count). The fourth-order valence-corrected chi connectivity index (χ4v) is 7.03. The average molecular weight is 497 g/mol. The van der Waals surface area contributed by atoms with Gasteiger partial charge in [-0.1, -0.05) is 135 Å². The van der Waals surface area contributed by atoms with Gasteiger partial charge in [0.1, 0.15) is 0 Å². The molecule has 7 aromatic rings. The molecule has 39 heavy (non-hydrogen) atoms. The van der Waals surface area contributed by atoms with Crippen molar-refractivity contribution in [1.29, 1.82) is 0 Å². The molecular weight excluding hydrogens is 468 g/mol. The molecule has 0 aliphatic heterocycles. The second-order valence-electron chi connectivity index (χ2n) is 11.3. The van der Waals surface area contributed by atoms with Crippen LogP contribution in [0.1, 0.15) is 25.0 Å². The topological polar surface area (TPSA) is 0 Å². The number of fused-ring (bicyclic) bond motifs is 5. The van der Waals surface area contributed by atoms with Crippen molar-refractivity contribution in [2.24, 2.45) is 0 Å². The van der Waals surface area contributed by atoms with Crippen LogP contribution in [0.5, 0.6) is 0 Å². The molecule has 0 unspecified atom stereocenters. The minimum Gasteiger partial charge on any atom is -0.0622 e. The summed E-state index contributed by atoms with van der Waals surface area (Å²) in [5.74, 6) is 0. The first kappa shape index (κ1) is 22.3. The summed E-state index contributed by atoms with van der Waals surface area (Å²) in [6.45, 7) is 4.76. The Bertz CT molecular complexity index is 2080. The average Bonchev–Trinajstić information content (AvgIpc) is 2.99. The lowest BCUT2D eigenvalue weighted by Gasteiger charge is -2.36. The van der Waals surface area contributed by atoms with Gasteiger partial charge < -0.3 is 0 Å². The zero-order chi connectivity index (χ0) is 26.1. The molecule has 0 nitrogen and oxygen atoms in total. The van der Waals surface area contributed by atoms with E-state index in [0.29, 0.717) is 0 Å². The maximum absolute atomic E-state index is 2.41. The van der Waals surface area contributed by atoms with E-state index in [1.165, 1.54) is 76.8 Å². The molecule has 7 aromatic carbocycles. The highest BCUT2D eigenvalue weighted by molar-refractivity contribution is 6.25. The van der Waals surface area contributed by atoms with E-state index in [4.69, 9.17) is 0 Å². The van der Waals surface area contributed by atoms with Gasteiger partial charge in [0, 0.05) is 5.41 Å². The summed E-state index contributed by atoms with van der Waals surface area (Å²) in [5, 5.41) is 7.91. The van der Waals surface area contributed by atoms with Gasteiger partial charge in [0.2, 0.25) is 0 Å². The van der Waals surface area contributed by atoms with Crippen LogP contribution in [0, 0.1) is 0 Å². The van der Waals surface area contributed by atoms with Gasteiger partial charge in [0.05, 0.1) is 0 Å². The highest BCUT2D eigenvalue weighted by atomic mass is 14.4. The van der Waals surface area contributed by atoms with Crippen molar-refractivity contribution >= 4 is 32.3 Å². The van der Waals surface area contributed by atoms with Crippen LogP contribution in [-0.4, -0.2) is 0 Å². The number of hydrogen-bond acceptors (Lipinski definition) is 0. The predicted molar refractivity (Wildman–Crippen MR) is 167 cm³/mol. The highest BCUT2D eigenvalue weighted by Gasteiger charge is 2.35. The Morgan fingerprint density at radius 2 is 1.03 bits per heavy atom. The maximum atomic E-state index is 2.41. The van der Waals surface area contributed by atoms with Crippen molar-refractivity contribution < 1.29 is 0 Å². The molecule has 0 amide bonds. The summed E-state index contributed by atoms with van der Waals surface area (Å²) in [5.41, 5.74) is 10.6. The minimum absolute atomic E-state index is 0.0865. The van der Waals surface area contributed by atoms with E-state index < -0.39 is 0 Å². The van der Waals surface area contributed by atoms with Gasteiger partial charge in [0.15, 0.2) is 0 Å². The van der Waals surface area contributed by atoms with Crippen molar-refractivity contribution in [2.45, 2.75) is 19.3 Å². The zero-order valence-corrected chi connectivity index (χ0v) is 22.2. The van der Waals surface area contributed by atoms with Crippen LogP contribution in [0.2, 0.25) is 0 Å². The standard InChI is InChI=1S/C39H28/c1-39(2)34-21-11-10-19-31(34)37-30-18-9-8-17-29(30)36(32-20-12-22-35(39)38(32)37)33-24-27(25-13-4-3-5-14-25)23-26-15-6-7-16-28(26)33/h3-24H,1-2H3. The second-order valence-corrected chi connectivity index (χ2v) is 11.3. The van der Waals surface area contributed by atoms with Gasteiger partial charge in [0.25, 0.3) is 0 Å². The molecule has 0 radical (unpaired) electrons. The Morgan fingerprint density at radius 1 is 0.410 bits per heavy atom. The van der Waals surface area contributed by atoms with E-state index in [-0.39, 0.29) is 5.41 Å². The van der Waals surface area contributed by atoms with Crippen LogP contribution >= 0.6 is 0 Å². The molecule has 0 fully saturated rings. The Morgan fingerprint density at radius 3 is 1.85 bits per heavy atom. The van der Waals surface area contributed by atoms with Crippen LogP contribution in [0.4, 0.5) is 0 Å². The molecule has 1 aliphatic rings. The van der Waals surface area contributed by atoms with Gasteiger partial charge >= 0.3 is 0 Å². The fraction of sp³-hybridized carbons (Fsp3) is 0.0769. The molecule has 1 aliphatic carbocycles. The predicted octanol–water partition coefficient (Wildman–Crippen LogP) is 10.8. The lowest BCUT2D eigenvalue weighted by atomic mass is 9.67. The molecule has 0 heteroatoms. The normalized spacial score (nSPS) is 13.6. The smallest absolute Gasteiger partial charge is 0.0159 e. The van der Waals surface area contributed by atoms with E-state index in [1.54, 1.807) is 0 Å². The quantitative estimate of drug-likeness (QED) is 0.209. The summed E-state index contributed by atoms with van der Waals surface area (Å²) in [7, 11) is 0. The summed E-state index contributed by atoms with van der Waals surface area (Å²) in [6.07, 6.45) is 0.